The molecule has 37 heavy (non-hydrogen) atoms. The van der Waals surface area contributed by atoms with Gasteiger partial charge in [-0.2, -0.15) is 0 Å². The summed E-state index contributed by atoms with van der Waals surface area (Å²) in [5.41, 5.74) is 5.11. The number of aliphatic carboxylic acids is 2. The molecule has 1 aliphatic heterocycles. The van der Waals surface area contributed by atoms with Gasteiger partial charge in [-0.3, -0.25) is 5.32 Å². The molecule has 3 aromatic carbocycles. The lowest BCUT2D eigenvalue weighted by molar-refractivity contribution is -0.134. The summed E-state index contributed by atoms with van der Waals surface area (Å²) in [6.07, 6.45) is 1.12. The van der Waals surface area contributed by atoms with E-state index in [2.05, 4.69) is 103 Å². The number of nitrogens with zero attached hydrogens (tertiary/aromatic N) is 1. The second kappa shape index (κ2) is 13.8. The largest absolute Gasteiger partial charge is 0.478 e. The normalized spacial score (nSPS) is 16.3. The third-order valence-corrected chi connectivity index (χ3v) is 7.51. The number of rotatable bonds is 9. The molecule has 3 N–H and O–H groups in total. The SMILES string of the molecule is CCN(CC)CCNC1(c2ccccc2)c2ccccc2CSc2ccccc21.O=C(O)/C=C\C(=O)O. The molecule has 0 saturated carbocycles. The first-order valence-corrected chi connectivity index (χ1v) is 13.4. The molecule has 0 amide bonds. The number of likely N-dealkylation sites (N-methyl/N-ethyl adjacent to an activating group) is 1. The van der Waals surface area contributed by atoms with E-state index < -0.39 is 11.9 Å². The van der Waals surface area contributed by atoms with Crippen LogP contribution in [0.4, 0.5) is 0 Å². The van der Waals surface area contributed by atoms with Gasteiger partial charge in [0.2, 0.25) is 0 Å². The molecule has 1 heterocycles. The maximum absolute atomic E-state index is 9.55. The number of carbonyl (C=O) groups is 2. The van der Waals surface area contributed by atoms with E-state index in [-0.39, 0.29) is 5.54 Å². The molecule has 1 aliphatic rings. The van der Waals surface area contributed by atoms with Gasteiger partial charge in [0.25, 0.3) is 0 Å². The lowest BCUT2D eigenvalue weighted by Crippen LogP contribution is -2.48. The highest BCUT2D eigenvalue weighted by atomic mass is 32.2. The molecule has 4 rings (SSSR count). The molecular formula is C30H34N2O4S. The van der Waals surface area contributed by atoms with Gasteiger partial charge in [0.05, 0.1) is 5.54 Å². The van der Waals surface area contributed by atoms with E-state index in [1.165, 1.54) is 27.1 Å². The van der Waals surface area contributed by atoms with Crippen LogP contribution in [-0.2, 0) is 20.9 Å². The van der Waals surface area contributed by atoms with E-state index >= 15 is 0 Å². The van der Waals surface area contributed by atoms with Crippen LogP contribution in [-0.4, -0.2) is 53.2 Å². The molecule has 0 bridgehead atoms. The molecule has 1 unspecified atom stereocenters. The Bertz CT molecular complexity index is 1150. The minimum absolute atomic E-state index is 0.342. The third-order valence-electron chi connectivity index (χ3n) is 6.38. The van der Waals surface area contributed by atoms with Crippen molar-refractivity contribution < 1.29 is 19.8 Å². The van der Waals surface area contributed by atoms with E-state index in [9.17, 15) is 9.59 Å². The maximum atomic E-state index is 9.55. The molecule has 7 heteroatoms. The number of carboxylic acid groups (broad SMARTS) is 2. The van der Waals surface area contributed by atoms with Gasteiger partial charge in [0.15, 0.2) is 0 Å². The van der Waals surface area contributed by atoms with Crippen molar-refractivity contribution in [3.8, 4) is 0 Å². The average molecular weight is 519 g/mol. The summed E-state index contributed by atoms with van der Waals surface area (Å²) in [6, 6.07) is 28.8. The number of hydrogen-bond donors (Lipinski definition) is 3. The number of carboxylic acids is 2. The van der Waals surface area contributed by atoms with E-state index in [0.717, 1.165) is 31.9 Å². The van der Waals surface area contributed by atoms with Crippen molar-refractivity contribution in [1.82, 2.24) is 10.2 Å². The highest BCUT2D eigenvalue weighted by Crippen LogP contribution is 2.46. The van der Waals surface area contributed by atoms with Crippen molar-refractivity contribution in [2.24, 2.45) is 0 Å². The van der Waals surface area contributed by atoms with Crippen LogP contribution in [0.15, 0.2) is 95.9 Å². The highest BCUT2D eigenvalue weighted by Gasteiger charge is 2.40. The Kier molecular flexibility index (Phi) is 10.5. The van der Waals surface area contributed by atoms with Crippen molar-refractivity contribution in [2.45, 2.75) is 30.0 Å². The van der Waals surface area contributed by atoms with Crippen molar-refractivity contribution in [1.29, 1.82) is 0 Å². The molecule has 0 radical (unpaired) electrons. The molecule has 0 fully saturated rings. The Morgan fingerprint density at radius 3 is 2.05 bits per heavy atom. The fourth-order valence-electron chi connectivity index (χ4n) is 4.59. The zero-order valence-electron chi connectivity index (χ0n) is 21.3. The summed E-state index contributed by atoms with van der Waals surface area (Å²) in [7, 11) is 0. The van der Waals surface area contributed by atoms with Gasteiger partial charge in [-0.25, -0.2) is 9.59 Å². The second-order valence-corrected chi connectivity index (χ2v) is 9.54. The van der Waals surface area contributed by atoms with E-state index in [1.54, 1.807) is 0 Å². The van der Waals surface area contributed by atoms with Crippen molar-refractivity contribution >= 4 is 23.7 Å². The van der Waals surface area contributed by atoms with Crippen LogP contribution in [0.5, 0.6) is 0 Å². The Hall–Kier alpha value is -3.39. The van der Waals surface area contributed by atoms with E-state index in [1.807, 2.05) is 11.8 Å². The van der Waals surface area contributed by atoms with Crippen LogP contribution in [0, 0.1) is 0 Å². The molecular weight excluding hydrogens is 484 g/mol. The summed E-state index contributed by atoms with van der Waals surface area (Å²) < 4.78 is 0. The standard InChI is InChI=1S/C26H30N2S.C4H4O4/c1-3-28(4-2)19-18-27-26(22-13-6-5-7-14-22)23-15-9-8-12-21(23)20-29-25-17-11-10-16-24(25)26;5-3(6)1-2-4(7)8/h5-17,27H,3-4,18-20H2,1-2H3;1-2H,(H,5,6)(H,7,8)/b;2-1-. The van der Waals surface area contributed by atoms with Gasteiger partial charge in [0, 0.05) is 35.9 Å². The van der Waals surface area contributed by atoms with Crippen LogP contribution in [0.25, 0.3) is 0 Å². The molecule has 3 aromatic rings. The number of benzene rings is 3. The van der Waals surface area contributed by atoms with Crippen LogP contribution >= 0.6 is 11.8 Å². The maximum Gasteiger partial charge on any atom is 0.328 e. The lowest BCUT2D eigenvalue weighted by atomic mass is 9.75. The summed E-state index contributed by atoms with van der Waals surface area (Å²) in [6.45, 7) is 8.62. The molecule has 6 nitrogen and oxygen atoms in total. The topological polar surface area (TPSA) is 89.9 Å². The zero-order chi connectivity index (χ0) is 26.7. The first-order valence-electron chi connectivity index (χ1n) is 12.4. The molecule has 1 atom stereocenters. The Morgan fingerprint density at radius 2 is 1.43 bits per heavy atom. The molecule has 0 aromatic heterocycles. The smallest absolute Gasteiger partial charge is 0.328 e. The lowest BCUT2D eigenvalue weighted by Gasteiger charge is -2.38. The van der Waals surface area contributed by atoms with Gasteiger partial charge in [-0.15, -0.1) is 11.8 Å². The number of thioether (sulfide) groups is 1. The summed E-state index contributed by atoms with van der Waals surface area (Å²) in [5, 5.41) is 19.7. The minimum atomic E-state index is -1.26. The van der Waals surface area contributed by atoms with Crippen molar-refractivity contribution in [3.63, 3.8) is 0 Å². The van der Waals surface area contributed by atoms with Crippen LogP contribution in [0.3, 0.4) is 0 Å². The summed E-state index contributed by atoms with van der Waals surface area (Å²) in [4.78, 5) is 23.0. The monoisotopic (exact) mass is 518 g/mol. The van der Waals surface area contributed by atoms with Gasteiger partial charge in [-0.1, -0.05) is 86.6 Å². The number of nitrogens with one attached hydrogen (secondary N) is 1. The van der Waals surface area contributed by atoms with Gasteiger partial charge in [0.1, 0.15) is 0 Å². The fourth-order valence-corrected chi connectivity index (χ4v) is 5.70. The van der Waals surface area contributed by atoms with E-state index in [0.29, 0.717) is 12.2 Å². The van der Waals surface area contributed by atoms with Crippen molar-refractivity contribution in [2.75, 3.05) is 26.2 Å². The predicted molar refractivity (Wildman–Crippen MR) is 149 cm³/mol. The highest BCUT2D eigenvalue weighted by molar-refractivity contribution is 7.98. The number of hydrogen-bond acceptors (Lipinski definition) is 5. The quantitative estimate of drug-likeness (QED) is 0.334. The van der Waals surface area contributed by atoms with Crippen LogP contribution < -0.4 is 5.32 Å². The molecule has 0 spiro atoms. The molecule has 0 aliphatic carbocycles. The summed E-state index contributed by atoms with van der Waals surface area (Å²) in [5.74, 6) is -1.51. The first kappa shape index (κ1) is 28.2. The van der Waals surface area contributed by atoms with Crippen molar-refractivity contribution in [3.05, 3.63) is 113 Å². The summed E-state index contributed by atoms with van der Waals surface area (Å²) >= 11 is 1.95. The van der Waals surface area contributed by atoms with Gasteiger partial charge >= 0.3 is 11.9 Å². The Morgan fingerprint density at radius 1 is 0.865 bits per heavy atom. The molecule has 194 valence electrons. The van der Waals surface area contributed by atoms with Gasteiger partial charge in [-0.05, 0) is 41.4 Å². The predicted octanol–water partition coefficient (Wildman–Crippen LogP) is 5.23. The Labute approximate surface area is 223 Å². The zero-order valence-corrected chi connectivity index (χ0v) is 22.1. The van der Waals surface area contributed by atoms with Crippen LogP contribution in [0.2, 0.25) is 0 Å². The van der Waals surface area contributed by atoms with Crippen LogP contribution in [0.1, 0.15) is 36.1 Å². The second-order valence-electron chi connectivity index (χ2n) is 8.52. The average Bonchev–Trinajstić information content (AvgIpc) is 3.06. The fraction of sp³-hybridized carbons (Fsp3) is 0.267. The third kappa shape index (κ3) is 7.10. The molecule has 0 saturated heterocycles. The Balaban J connectivity index is 0.000000414. The number of fused-ring (bicyclic) bond motifs is 2. The van der Waals surface area contributed by atoms with Gasteiger partial charge < -0.3 is 15.1 Å². The minimum Gasteiger partial charge on any atom is -0.478 e. The van der Waals surface area contributed by atoms with E-state index in [4.69, 9.17) is 10.2 Å². The first-order chi connectivity index (χ1) is 17.9.